The third-order valence-corrected chi connectivity index (χ3v) is 4.59. The van der Waals surface area contributed by atoms with Crippen LogP contribution >= 0.6 is 0 Å². The molecule has 0 spiro atoms. The molecule has 3 rings (SSSR count). The van der Waals surface area contributed by atoms with Crippen molar-refractivity contribution in [2.75, 3.05) is 0 Å². The van der Waals surface area contributed by atoms with Crippen LogP contribution in [0.4, 0.5) is 0 Å². The molecular weight excluding hydrogens is 348 g/mol. The highest BCUT2D eigenvalue weighted by atomic mass is 16.3. The molecule has 0 atom stereocenters. The number of carbonyl (C=O) groups is 1. The van der Waals surface area contributed by atoms with Crippen LogP contribution in [0.25, 0.3) is 0 Å². The first-order valence-electron chi connectivity index (χ1n) is 9.23. The molecule has 1 amide bonds. The van der Waals surface area contributed by atoms with E-state index < -0.39 is 5.60 Å². The quantitative estimate of drug-likeness (QED) is 0.501. The molecule has 0 aliphatic carbocycles. The van der Waals surface area contributed by atoms with Gasteiger partial charge in [-0.15, -0.1) is 0 Å². The average Bonchev–Trinajstić information content (AvgIpc) is 2.73. The zero-order valence-corrected chi connectivity index (χ0v) is 16.1. The molecule has 28 heavy (non-hydrogen) atoms. The van der Waals surface area contributed by atoms with Crippen LogP contribution in [-0.4, -0.2) is 16.7 Å². The minimum atomic E-state index is -1.26. The van der Waals surface area contributed by atoms with E-state index in [9.17, 15) is 9.90 Å². The number of amides is 1. The Labute approximate surface area is 165 Å². The summed E-state index contributed by atoms with van der Waals surface area (Å²) in [5.74, 6) is -0.291. The van der Waals surface area contributed by atoms with E-state index in [0.717, 1.165) is 22.4 Å². The number of aliphatic hydroxyl groups is 1. The summed E-state index contributed by atoms with van der Waals surface area (Å²) >= 11 is 0. The molecule has 0 aliphatic heterocycles. The van der Waals surface area contributed by atoms with Crippen molar-refractivity contribution in [3.05, 3.63) is 107 Å². The van der Waals surface area contributed by atoms with Gasteiger partial charge in [-0.25, -0.2) is 5.43 Å². The first-order valence-corrected chi connectivity index (χ1v) is 9.23. The summed E-state index contributed by atoms with van der Waals surface area (Å²) in [5, 5.41) is 15.8. The van der Waals surface area contributed by atoms with Gasteiger partial charge in [0.15, 0.2) is 0 Å². The Kier molecular flexibility index (Phi) is 6.02. The number of benzene rings is 3. The van der Waals surface area contributed by atoms with E-state index in [4.69, 9.17) is 0 Å². The van der Waals surface area contributed by atoms with E-state index in [2.05, 4.69) is 10.5 Å². The maximum atomic E-state index is 12.6. The van der Waals surface area contributed by atoms with Crippen molar-refractivity contribution in [1.82, 2.24) is 5.43 Å². The van der Waals surface area contributed by atoms with Gasteiger partial charge in [0.05, 0.1) is 0 Å². The Morgan fingerprint density at radius 3 is 1.89 bits per heavy atom. The normalized spacial score (nSPS) is 11.0. The molecule has 2 N–H and O–H groups in total. The highest BCUT2D eigenvalue weighted by Gasteiger charge is 2.33. The Bertz CT molecular complexity index is 923. The summed E-state index contributed by atoms with van der Waals surface area (Å²) < 4.78 is 0. The lowest BCUT2D eigenvalue weighted by molar-refractivity contribution is 0.0803. The molecule has 0 aliphatic rings. The van der Waals surface area contributed by atoms with Gasteiger partial charge in [-0.1, -0.05) is 78.9 Å². The molecule has 0 unspecified atom stereocenters. The number of carbonyl (C=O) groups excluding carboxylic acids is 1. The Morgan fingerprint density at radius 2 is 1.36 bits per heavy atom. The summed E-state index contributed by atoms with van der Waals surface area (Å²) in [5.41, 5.74) is 4.87. The van der Waals surface area contributed by atoms with E-state index in [1.807, 2.05) is 92.7 Å². The second-order valence-corrected chi connectivity index (χ2v) is 6.93. The highest BCUT2D eigenvalue weighted by molar-refractivity contribution is 5.96. The van der Waals surface area contributed by atoms with Crippen molar-refractivity contribution in [1.29, 1.82) is 0 Å². The van der Waals surface area contributed by atoms with Gasteiger partial charge in [0.1, 0.15) is 5.60 Å². The van der Waals surface area contributed by atoms with Gasteiger partial charge in [-0.2, -0.15) is 5.10 Å². The number of nitrogens with one attached hydrogen (secondary N) is 1. The van der Waals surface area contributed by atoms with Crippen molar-refractivity contribution in [2.45, 2.75) is 25.9 Å². The molecule has 0 saturated carbocycles. The van der Waals surface area contributed by atoms with E-state index in [1.54, 1.807) is 6.07 Å². The SMILES string of the molecule is CC(C)=NNC(=O)c1ccccc1CC(O)(c1ccccc1)c1ccccc1. The van der Waals surface area contributed by atoms with Crippen LogP contribution in [-0.2, 0) is 12.0 Å². The largest absolute Gasteiger partial charge is 0.380 e. The minimum absolute atomic E-state index is 0.263. The van der Waals surface area contributed by atoms with Crippen molar-refractivity contribution in [3.8, 4) is 0 Å². The van der Waals surface area contributed by atoms with Crippen molar-refractivity contribution < 1.29 is 9.90 Å². The zero-order chi connectivity index (χ0) is 20.0. The number of rotatable bonds is 6. The average molecular weight is 372 g/mol. The van der Waals surface area contributed by atoms with Crippen molar-refractivity contribution >= 4 is 11.6 Å². The summed E-state index contributed by atoms with van der Waals surface area (Å²) in [6.45, 7) is 3.63. The second kappa shape index (κ2) is 8.63. The molecule has 0 aromatic heterocycles. The van der Waals surface area contributed by atoms with Crippen LogP contribution in [0.1, 0.15) is 40.9 Å². The molecule has 4 nitrogen and oxygen atoms in total. The summed E-state index contributed by atoms with van der Waals surface area (Å²) in [4.78, 5) is 12.6. The monoisotopic (exact) mass is 372 g/mol. The van der Waals surface area contributed by atoms with Crippen LogP contribution in [0.3, 0.4) is 0 Å². The molecule has 0 fully saturated rings. The van der Waals surface area contributed by atoms with Gasteiger partial charge < -0.3 is 5.11 Å². The number of hydrazone groups is 1. The fourth-order valence-electron chi connectivity index (χ4n) is 3.19. The van der Waals surface area contributed by atoms with Gasteiger partial charge in [0, 0.05) is 17.7 Å². The van der Waals surface area contributed by atoms with E-state index in [1.165, 1.54) is 0 Å². The van der Waals surface area contributed by atoms with Crippen LogP contribution in [0.15, 0.2) is 90.0 Å². The van der Waals surface area contributed by atoms with Gasteiger partial charge in [0.2, 0.25) is 0 Å². The molecular formula is C24H24N2O2. The van der Waals surface area contributed by atoms with Crippen LogP contribution in [0, 0.1) is 0 Å². The maximum absolute atomic E-state index is 12.6. The van der Waals surface area contributed by atoms with Gasteiger partial charge in [-0.3, -0.25) is 4.79 Å². The van der Waals surface area contributed by atoms with Gasteiger partial charge in [-0.05, 0) is 36.6 Å². The predicted octanol–water partition coefficient (Wildman–Crippen LogP) is 4.29. The van der Waals surface area contributed by atoms with Crippen LogP contribution in [0.5, 0.6) is 0 Å². The van der Waals surface area contributed by atoms with E-state index >= 15 is 0 Å². The lowest BCUT2D eigenvalue weighted by Crippen LogP contribution is -2.31. The van der Waals surface area contributed by atoms with Crippen LogP contribution < -0.4 is 5.43 Å². The molecule has 0 saturated heterocycles. The van der Waals surface area contributed by atoms with Crippen molar-refractivity contribution in [2.24, 2.45) is 5.10 Å². The maximum Gasteiger partial charge on any atom is 0.271 e. The molecule has 3 aromatic rings. The van der Waals surface area contributed by atoms with E-state index in [0.29, 0.717) is 5.56 Å². The fraction of sp³-hybridized carbons (Fsp3) is 0.167. The summed E-state index contributed by atoms with van der Waals surface area (Å²) in [6, 6.07) is 26.4. The summed E-state index contributed by atoms with van der Waals surface area (Å²) in [6.07, 6.45) is 0.263. The summed E-state index contributed by atoms with van der Waals surface area (Å²) in [7, 11) is 0. The molecule has 0 heterocycles. The second-order valence-electron chi connectivity index (χ2n) is 6.93. The number of nitrogens with zero attached hydrogens (tertiary/aromatic N) is 1. The predicted molar refractivity (Wildman–Crippen MR) is 112 cm³/mol. The molecule has 4 heteroatoms. The molecule has 0 radical (unpaired) electrons. The highest BCUT2D eigenvalue weighted by Crippen LogP contribution is 2.34. The Morgan fingerprint density at radius 1 is 0.857 bits per heavy atom. The standard InChI is InChI=1S/C24H24N2O2/c1-18(2)25-26-23(27)22-16-10-9-11-19(22)17-24(28,20-12-5-3-6-13-20)21-14-7-4-8-15-21/h3-16,28H,17H2,1-2H3,(H,26,27). The van der Waals surface area contributed by atoms with Gasteiger partial charge in [0.25, 0.3) is 5.91 Å². The first-order chi connectivity index (χ1) is 13.5. The van der Waals surface area contributed by atoms with Crippen LogP contribution in [0.2, 0.25) is 0 Å². The Balaban J connectivity index is 2.04. The van der Waals surface area contributed by atoms with Crippen molar-refractivity contribution in [3.63, 3.8) is 0 Å². The lowest BCUT2D eigenvalue weighted by atomic mass is 9.80. The Hall–Kier alpha value is -3.24. The smallest absolute Gasteiger partial charge is 0.271 e. The number of hydrogen-bond acceptors (Lipinski definition) is 3. The fourth-order valence-corrected chi connectivity index (χ4v) is 3.19. The van der Waals surface area contributed by atoms with E-state index in [-0.39, 0.29) is 12.3 Å². The first kappa shape index (κ1) is 19.5. The minimum Gasteiger partial charge on any atom is -0.380 e. The zero-order valence-electron chi connectivity index (χ0n) is 16.1. The third kappa shape index (κ3) is 4.35. The molecule has 142 valence electrons. The molecule has 0 bridgehead atoms. The van der Waals surface area contributed by atoms with Gasteiger partial charge >= 0.3 is 0 Å². The third-order valence-electron chi connectivity index (χ3n) is 4.59. The number of hydrogen-bond donors (Lipinski definition) is 2. The topological polar surface area (TPSA) is 61.7 Å². The lowest BCUT2D eigenvalue weighted by Gasteiger charge is -2.30. The molecule has 3 aromatic carbocycles.